The number of likely N-dealkylation sites (tertiary alicyclic amines) is 1. The van der Waals surface area contributed by atoms with E-state index in [1.165, 1.54) is 6.42 Å². The number of carbonyl (C=O) groups is 1. The van der Waals surface area contributed by atoms with E-state index in [-0.39, 0.29) is 5.91 Å². The van der Waals surface area contributed by atoms with Crippen molar-refractivity contribution in [2.24, 2.45) is 0 Å². The summed E-state index contributed by atoms with van der Waals surface area (Å²) in [5.41, 5.74) is 1.06. The van der Waals surface area contributed by atoms with Crippen molar-refractivity contribution in [2.45, 2.75) is 51.1 Å². The lowest BCUT2D eigenvalue weighted by Crippen LogP contribution is -2.52. The van der Waals surface area contributed by atoms with E-state index < -0.39 is 0 Å². The number of pyridine rings is 1. The number of aromatic nitrogens is 1. The van der Waals surface area contributed by atoms with Crippen LogP contribution in [0.4, 0.5) is 0 Å². The molecule has 1 N–H and O–H groups in total. The van der Waals surface area contributed by atoms with Gasteiger partial charge in [0, 0.05) is 30.4 Å². The van der Waals surface area contributed by atoms with Crippen LogP contribution in [-0.4, -0.2) is 41.5 Å². The highest BCUT2D eigenvalue weighted by Gasteiger charge is 2.26. The van der Waals surface area contributed by atoms with Crippen molar-refractivity contribution < 1.29 is 4.79 Å². The molecule has 1 amide bonds. The van der Waals surface area contributed by atoms with Crippen LogP contribution in [0.5, 0.6) is 0 Å². The van der Waals surface area contributed by atoms with E-state index in [1.807, 2.05) is 18.2 Å². The maximum atomic E-state index is 12.0. The molecule has 1 aromatic heterocycles. The predicted molar refractivity (Wildman–Crippen MR) is 80.4 cm³/mol. The molecule has 1 aliphatic rings. The number of aryl methyl sites for hydroxylation is 1. The van der Waals surface area contributed by atoms with E-state index in [4.69, 9.17) is 0 Å². The van der Waals surface area contributed by atoms with Gasteiger partial charge in [0.25, 0.3) is 0 Å². The monoisotopic (exact) mass is 275 g/mol. The summed E-state index contributed by atoms with van der Waals surface area (Å²) in [4.78, 5) is 18.6. The SMILES string of the molecule is C[C@@H]1[C@H](NC(=O)CCCc2ccccn2)CCCN1C. The molecule has 0 radical (unpaired) electrons. The van der Waals surface area contributed by atoms with Crippen molar-refractivity contribution in [3.63, 3.8) is 0 Å². The number of likely N-dealkylation sites (N-methyl/N-ethyl adjacent to an activating group) is 1. The van der Waals surface area contributed by atoms with Crippen molar-refractivity contribution in [1.82, 2.24) is 15.2 Å². The molecule has 20 heavy (non-hydrogen) atoms. The van der Waals surface area contributed by atoms with Gasteiger partial charge in [-0.3, -0.25) is 9.78 Å². The van der Waals surface area contributed by atoms with Crippen molar-refractivity contribution in [3.05, 3.63) is 30.1 Å². The number of rotatable bonds is 5. The van der Waals surface area contributed by atoms with Gasteiger partial charge in [0.15, 0.2) is 0 Å². The highest BCUT2D eigenvalue weighted by molar-refractivity contribution is 5.76. The molecule has 110 valence electrons. The summed E-state index contributed by atoms with van der Waals surface area (Å²) in [7, 11) is 2.13. The van der Waals surface area contributed by atoms with Gasteiger partial charge in [-0.05, 0) is 58.3 Å². The van der Waals surface area contributed by atoms with Gasteiger partial charge in [0.2, 0.25) is 5.91 Å². The van der Waals surface area contributed by atoms with Crippen molar-refractivity contribution >= 4 is 5.91 Å². The second kappa shape index (κ2) is 7.39. The number of hydrogen-bond acceptors (Lipinski definition) is 3. The van der Waals surface area contributed by atoms with E-state index in [9.17, 15) is 4.79 Å². The normalized spacial score (nSPS) is 23.5. The summed E-state index contributed by atoms with van der Waals surface area (Å²) >= 11 is 0. The van der Waals surface area contributed by atoms with Crippen LogP contribution in [-0.2, 0) is 11.2 Å². The second-order valence-corrected chi connectivity index (χ2v) is 5.71. The van der Waals surface area contributed by atoms with E-state index in [0.717, 1.165) is 31.5 Å². The molecule has 4 nitrogen and oxygen atoms in total. The zero-order valence-electron chi connectivity index (χ0n) is 12.5. The van der Waals surface area contributed by atoms with E-state index in [1.54, 1.807) is 6.20 Å². The molecule has 0 unspecified atom stereocenters. The number of nitrogens with one attached hydrogen (secondary N) is 1. The Morgan fingerprint density at radius 3 is 3.10 bits per heavy atom. The Labute approximate surface area is 121 Å². The quantitative estimate of drug-likeness (QED) is 0.894. The summed E-state index contributed by atoms with van der Waals surface area (Å²) in [5.74, 6) is 0.174. The number of amides is 1. The zero-order valence-corrected chi connectivity index (χ0v) is 12.5. The first kappa shape index (κ1) is 15.0. The molecule has 1 saturated heterocycles. The third-order valence-electron chi connectivity index (χ3n) is 4.21. The molecular formula is C16H25N3O. The molecule has 0 aliphatic carbocycles. The van der Waals surface area contributed by atoms with Gasteiger partial charge in [0.1, 0.15) is 0 Å². The van der Waals surface area contributed by atoms with Crippen LogP contribution in [0.25, 0.3) is 0 Å². The summed E-state index contributed by atoms with van der Waals surface area (Å²) in [5, 5.41) is 3.18. The number of piperidine rings is 1. The fraction of sp³-hybridized carbons (Fsp3) is 0.625. The van der Waals surface area contributed by atoms with Crippen LogP contribution >= 0.6 is 0 Å². The first-order chi connectivity index (χ1) is 9.66. The average Bonchev–Trinajstić information content (AvgIpc) is 2.45. The minimum atomic E-state index is 0.174. The number of carbonyl (C=O) groups excluding carboxylic acids is 1. The second-order valence-electron chi connectivity index (χ2n) is 5.71. The third-order valence-corrected chi connectivity index (χ3v) is 4.21. The number of nitrogens with zero attached hydrogens (tertiary/aromatic N) is 2. The highest BCUT2D eigenvalue weighted by Crippen LogP contribution is 2.15. The summed E-state index contributed by atoms with van der Waals surface area (Å²) in [6.07, 6.45) is 6.38. The van der Waals surface area contributed by atoms with Gasteiger partial charge >= 0.3 is 0 Å². The molecule has 1 aliphatic heterocycles. The van der Waals surface area contributed by atoms with E-state index >= 15 is 0 Å². The van der Waals surface area contributed by atoms with Crippen LogP contribution in [0.15, 0.2) is 24.4 Å². The van der Waals surface area contributed by atoms with Gasteiger partial charge < -0.3 is 10.2 Å². The van der Waals surface area contributed by atoms with Gasteiger partial charge in [-0.1, -0.05) is 6.07 Å². The maximum Gasteiger partial charge on any atom is 0.220 e. The standard InChI is InChI=1S/C16H25N3O/c1-13-15(9-6-12-19(13)2)18-16(20)10-5-8-14-7-3-4-11-17-14/h3-4,7,11,13,15H,5-6,8-10,12H2,1-2H3,(H,18,20)/t13-,15-/m1/s1. The van der Waals surface area contributed by atoms with Gasteiger partial charge in [-0.15, -0.1) is 0 Å². The molecule has 2 heterocycles. The minimum absolute atomic E-state index is 0.174. The smallest absolute Gasteiger partial charge is 0.220 e. The van der Waals surface area contributed by atoms with Crippen molar-refractivity contribution in [2.75, 3.05) is 13.6 Å². The van der Waals surface area contributed by atoms with Crippen LogP contribution in [0.3, 0.4) is 0 Å². The molecule has 2 rings (SSSR count). The Morgan fingerprint density at radius 2 is 2.35 bits per heavy atom. The first-order valence-corrected chi connectivity index (χ1v) is 7.56. The zero-order chi connectivity index (χ0) is 14.4. The summed E-state index contributed by atoms with van der Waals surface area (Å²) in [6.45, 7) is 3.32. The Balaban J connectivity index is 1.70. The maximum absolute atomic E-state index is 12.0. The van der Waals surface area contributed by atoms with Gasteiger partial charge in [0.05, 0.1) is 0 Å². The molecular weight excluding hydrogens is 250 g/mol. The molecule has 4 heteroatoms. The van der Waals surface area contributed by atoms with Crippen LogP contribution in [0.1, 0.15) is 38.3 Å². The highest BCUT2D eigenvalue weighted by atomic mass is 16.1. The lowest BCUT2D eigenvalue weighted by Gasteiger charge is -2.37. The molecule has 0 aromatic carbocycles. The van der Waals surface area contributed by atoms with Crippen molar-refractivity contribution in [1.29, 1.82) is 0 Å². The fourth-order valence-electron chi connectivity index (χ4n) is 2.76. The largest absolute Gasteiger partial charge is 0.352 e. The van der Waals surface area contributed by atoms with E-state index in [0.29, 0.717) is 18.5 Å². The summed E-state index contributed by atoms with van der Waals surface area (Å²) < 4.78 is 0. The first-order valence-electron chi connectivity index (χ1n) is 7.56. The Morgan fingerprint density at radius 1 is 1.50 bits per heavy atom. The van der Waals surface area contributed by atoms with Crippen LogP contribution < -0.4 is 5.32 Å². The minimum Gasteiger partial charge on any atom is -0.352 e. The van der Waals surface area contributed by atoms with Crippen LogP contribution in [0.2, 0.25) is 0 Å². The topological polar surface area (TPSA) is 45.2 Å². The third kappa shape index (κ3) is 4.30. The fourth-order valence-corrected chi connectivity index (χ4v) is 2.76. The molecule has 0 saturated carbocycles. The molecule has 0 bridgehead atoms. The average molecular weight is 275 g/mol. The van der Waals surface area contributed by atoms with Crippen LogP contribution in [0, 0.1) is 0 Å². The number of hydrogen-bond donors (Lipinski definition) is 1. The Kier molecular flexibility index (Phi) is 5.53. The lowest BCUT2D eigenvalue weighted by molar-refractivity contribution is -0.122. The molecule has 1 aromatic rings. The molecule has 0 spiro atoms. The van der Waals surface area contributed by atoms with Gasteiger partial charge in [-0.25, -0.2) is 0 Å². The Hall–Kier alpha value is -1.42. The molecule has 2 atom stereocenters. The van der Waals surface area contributed by atoms with Gasteiger partial charge in [-0.2, -0.15) is 0 Å². The van der Waals surface area contributed by atoms with E-state index in [2.05, 4.69) is 29.2 Å². The molecule has 1 fully saturated rings. The summed E-state index contributed by atoms with van der Waals surface area (Å²) in [6, 6.07) is 6.65. The predicted octanol–water partition coefficient (Wildman–Crippen LogP) is 2.00. The van der Waals surface area contributed by atoms with Crippen molar-refractivity contribution in [3.8, 4) is 0 Å². The Bertz CT molecular complexity index is 421. The lowest BCUT2D eigenvalue weighted by atomic mass is 9.98.